The van der Waals surface area contributed by atoms with E-state index in [-0.39, 0.29) is 12.5 Å². The maximum absolute atomic E-state index is 14.9. The van der Waals surface area contributed by atoms with Crippen LogP contribution in [-0.2, 0) is 17.3 Å². The number of hydrogen-bond acceptors (Lipinski definition) is 1. The monoisotopic (exact) mass is 596 g/mol. The van der Waals surface area contributed by atoms with E-state index in [0.717, 1.165) is 49.1 Å². The van der Waals surface area contributed by atoms with Gasteiger partial charge in [-0.2, -0.15) is 8.78 Å². The van der Waals surface area contributed by atoms with Crippen LogP contribution in [0.4, 0.5) is 13.2 Å². The lowest BCUT2D eigenvalue weighted by Crippen LogP contribution is -2.22. The summed E-state index contributed by atoms with van der Waals surface area (Å²) in [5.41, 5.74) is 2.50. The van der Waals surface area contributed by atoms with E-state index in [1.807, 2.05) is 19.1 Å². The van der Waals surface area contributed by atoms with Gasteiger partial charge >= 0.3 is 6.11 Å². The summed E-state index contributed by atoms with van der Waals surface area (Å²) in [6.07, 6.45) is 20.9. The molecule has 2 aromatic carbocycles. The molecular formula is C39H55F3O. The molecule has 4 heteroatoms. The Balaban J connectivity index is 1.19. The largest absolute Gasteiger partial charge is 0.386 e. The van der Waals surface area contributed by atoms with Crippen molar-refractivity contribution in [1.29, 1.82) is 0 Å². The number of benzene rings is 2. The van der Waals surface area contributed by atoms with Crippen LogP contribution < -0.4 is 0 Å². The number of allylic oxidation sites excluding steroid dienone is 2. The third kappa shape index (κ3) is 10.5. The van der Waals surface area contributed by atoms with Gasteiger partial charge < -0.3 is 4.74 Å². The molecule has 0 aliphatic heterocycles. The highest BCUT2D eigenvalue weighted by atomic mass is 19.3. The molecule has 2 aliphatic carbocycles. The topological polar surface area (TPSA) is 9.23 Å². The Morgan fingerprint density at radius 1 is 0.767 bits per heavy atom. The summed E-state index contributed by atoms with van der Waals surface area (Å²) in [6.45, 7) is 4.15. The smallest absolute Gasteiger partial charge is 0.316 e. The maximum atomic E-state index is 14.9. The Bertz CT molecular complexity index is 1090. The van der Waals surface area contributed by atoms with Gasteiger partial charge in [0.25, 0.3) is 0 Å². The third-order valence-corrected chi connectivity index (χ3v) is 10.3. The Morgan fingerprint density at radius 2 is 1.37 bits per heavy atom. The van der Waals surface area contributed by atoms with Crippen molar-refractivity contribution in [3.63, 3.8) is 0 Å². The predicted octanol–water partition coefficient (Wildman–Crippen LogP) is 12.4. The number of halogens is 3. The molecule has 0 unspecified atom stereocenters. The fraction of sp³-hybridized carbons (Fsp3) is 0.641. The SMILES string of the molecule is C/C=C/CCC1CCC(c2ccc(C(F)(F)OCCc3ccc(C4CCC(CCCCCCC)CC4)cc3)c(F)c2)CC1. The zero-order valence-corrected chi connectivity index (χ0v) is 26.8. The van der Waals surface area contributed by atoms with Gasteiger partial charge in [-0.05, 0) is 130 Å². The standard InChI is InChI=1S/C39H55F3O/c1-3-5-7-8-10-12-31-13-19-33(20-14-31)34-21-17-32(18-22-34)27-28-43-39(41,42)37-26-25-36(29-38(37)40)35-23-15-30(16-24-35)11-9-6-4-2/h4,6,17-18,21-22,25-26,29-31,33,35H,3,5,7-16,19-20,23-24,27-28H2,1-2H3/b6-4+. The first-order valence-electron chi connectivity index (χ1n) is 17.4. The van der Waals surface area contributed by atoms with Crippen LogP contribution in [-0.4, -0.2) is 6.61 Å². The highest BCUT2D eigenvalue weighted by Gasteiger charge is 2.36. The van der Waals surface area contributed by atoms with Crippen LogP contribution in [0.25, 0.3) is 0 Å². The summed E-state index contributed by atoms with van der Waals surface area (Å²) >= 11 is 0. The molecule has 2 aromatic rings. The Kier molecular flexibility index (Phi) is 13.7. The Morgan fingerprint density at radius 3 is 2.00 bits per heavy atom. The molecule has 1 nitrogen and oxygen atoms in total. The quantitative estimate of drug-likeness (QED) is 0.138. The van der Waals surface area contributed by atoms with Crippen molar-refractivity contribution in [2.45, 2.75) is 141 Å². The first-order valence-corrected chi connectivity index (χ1v) is 17.4. The van der Waals surface area contributed by atoms with Crippen molar-refractivity contribution in [1.82, 2.24) is 0 Å². The molecular weight excluding hydrogens is 541 g/mol. The van der Waals surface area contributed by atoms with Crippen LogP contribution in [0.5, 0.6) is 0 Å². The Labute approximate surface area is 259 Å². The average Bonchev–Trinajstić information content (AvgIpc) is 3.02. The van der Waals surface area contributed by atoms with E-state index in [1.165, 1.54) is 88.3 Å². The minimum Gasteiger partial charge on any atom is -0.316 e. The fourth-order valence-corrected chi connectivity index (χ4v) is 7.46. The predicted molar refractivity (Wildman–Crippen MR) is 173 cm³/mol. The third-order valence-electron chi connectivity index (χ3n) is 10.3. The summed E-state index contributed by atoms with van der Waals surface area (Å²) in [4.78, 5) is 0. The summed E-state index contributed by atoms with van der Waals surface area (Å²) in [5.74, 6) is 1.58. The van der Waals surface area contributed by atoms with Crippen molar-refractivity contribution in [2.75, 3.05) is 6.61 Å². The first kappa shape index (κ1) is 33.8. The zero-order chi connectivity index (χ0) is 30.5. The van der Waals surface area contributed by atoms with Crippen molar-refractivity contribution >= 4 is 0 Å². The van der Waals surface area contributed by atoms with Gasteiger partial charge in [-0.25, -0.2) is 4.39 Å². The molecule has 0 spiro atoms. The zero-order valence-electron chi connectivity index (χ0n) is 26.8. The summed E-state index contributed by atoms with van der Waals surface area (Å²) < 4.78 is 49.7. The highest BCUT2D eigenvalue weighted by Crippen LogP contribution is 2.40. The molecule has 2 fully saturated rings. The molecule has 0 heterocycles. The van der Waals surface area contributed by atoms with Crippen LogP contribution in [0, 0.1) is 17.7 Å². The van der Waals surface area contributed by atoms with E-state index in [9.17, 15) is 13.2 Å². The second-order valence-corrected chi connectivity index (χ2v) is 13.4. The number of hydrogen-bond donors (Lipinski definition) is 0. The number of unbranched alkanes of at least 4 members (excludes halogenated alkanes) is 4. The fourth-order valence-electron chi connectivity index (χ4n) is 7.46. The van der Waals surface area contributed by atoms with Crippen molar-refractivity contribution in [3.05, 3.63) is 82.7 Å². The number of alkyl halides is 2. The normalized spacial score (nSPS) is 23.2. The average molecular weight is 597 g/mol. The lowest BCUT2D eigenvalue weighted by atomic mass is 9.77. The molecule has 2 aliphatic rings. The lowest BCUT2D eigenvalue weighted by molar-refractivity contribution is -0.249. The second kappa shape index (κ2) is 17.4. The summed E-state index contributed by atoms with van der Waals surface area (Å²) in [5, 5.41) is 0. The van der Waals surface area contributed by atoms with Crippen molar-refractivity contribution in [2.24, 2.45) is 11.8 Å². The van der Waals surface area contributed by atoms with Gasteiger partial charge in [-0.15, -0.1) is 0 Å². The van der Waals surface area contributed by atoms with E-state index >= 15 is 0 Å². The van der Waals surface area contributed by atoms with E-state index in [0.29, 0.717) is 18.3 Å². The molecule has 0 N–H and O–H groups in total. The summed E-state index contributed by atoms with van der Waals surface area (Å²) in [6, 6.07) is 12.6. The van der Waals surface area contributed by atoms with Gasteiger partial charge in [0.1, 0.15) is 5.82 Å². The van der Waals surface area contributed by atoms with Gasteiger partial charge in [0.05, 0.1) is 12.2 Å². The molecule has 0 saturated heterocycles. The molecule has 0 amide bonds. The van der Waals surface area contributed by atoms with E-state index < -0.39 is 17.5 Å². The van der Waals surface area contributed by atoms with Gasteiger partial charge in [-0.3, -0.25) is 0 Å². The molecule has 238 valence electrons. The maximum Gasteiger partial charge on any atom is 0.386 e. The number of ether oxygens (including phenoxy) is 1. The molecule has 43 heavy (non-hydrogen) atoms. The minimum atomic E-state index is -3.65. The van der Waals surface area contributed by atoms with E-state index in [2.05, 4.69) is 31.2 Å². The van der Waals surface area contributed by atoms with Crippen molar-refractivity contribution in [3.8, 4) is 0 Å². The van der Waals surface area contributed by atoms with Crippen LogP contribution >= 0.6 is 0 Å². The van der Waals surface area contributed by atoms with Crippen molar-refractivity contribution < 1.29 is 17.9 Å². The van der Waals surface area contributed by atoms with E-state index in [1.54, 1.807) is 6.07 Å². The molecule has 2 saturated carbocycles. The summed E-state index contributed by atoms with van der Waals surface area (Å²) in [7, 11) is 0. The highest BCUT2D eigenvalue weighted by molar-refractivity contribution is 5.29. The van der Waals surface area contributed by atoms with Crippen LogP contribution in [0.15, 0.2) is 54.6 Å². The molecule has 0 atom stereocenters. The van der Waals surface area contributed by atoms with Gasteiger partial charge in [0, 0.05) is 0 Å². The Hall–Kier alpha value is -2.07. The lowest BCUT2D eigenvalue weighted by Gasteiger charge is -2.29. The second-order valence-electron chi connectivity index (χ2n) is 13.4. The minimum absolute atomic E-state index is 0.159. The van der Waals surface area contributed by atoms with Gasteiger partial charge in [0.15, 0.2) is 0 Å². The molecule has 0 radical (unpaired) electrons. The molecule has 0 bridgehead atoms. The van der Waals surface area contributed by atoms with Crippen LogP contribution in [0.2, 0.25) is 0 Å². The first-order chi connectivity index (χ1) is 20.9. The van der Waals surface area contributed by atoms with E-state index in [4.69, 9.17) is 4.74 Å². The van der Waals surface area contributed by atoms with Crippen LogP contribution in [0.3, 0.4) is 0 Å². The van der Waals surface area contributed by atoms with Gasteiger partial charge in [-0.1, -0.05) is 87.9 Å². The van der Waals surface area contributed by atoms with Crippen LogP contribution in [0.1, 0.15) is 151 Å². The van der Waals surface area contributed by atoms with Gasteiger partial charge in [0.2, 0.25) is 0 Å². The number of rotatable bonds is 16. The molecule has 0 aromatic heterocycles. The molecule has 4 rings (SSSR count).